The third-order valence-electron chi connectivity index (χ3n) is 3.79. The molecule has 1 N–H and O–H groups in total. The predicted octanol–water partition coefficient (Wildman–Crippen LogP) is 2.82. The van der Waals surface area contributed by atoms with Crippen molar-refractivity contribution in [2.75, 3.05) is 18.5 Å². The van der Waals surface area contributed by atoms with Crippen LogP contribution in [-0.2, 0) is 11.3 Å². The maximum absolute atomic E-state index is 13.3. The minimum absolute atomic E-state index is 0.0641. The number of hydrogen-bond acceptors (Lipinski definition) is 3. The first-order valence-corrected chi connectivity index (χ1v) is 7.67. The van der Waals surface area contributed by atoms with Crippen LogP contribution in [0.4, 0.5) is 10.1 Å². The van der Waals surface area contributed by atoms with Gasteiger partial charge < -0.3 is 15.0 Å². The Hall–Kier alpha value is -2.89. The lowest BCUT2D eigenvalue weighted by molar-refractivity contribution is -0.118. The number of carbonyl (C=O) groups excluding carboxylic acids is 2. The van der Waals surface area contributed by atoms with Crippen LogP contribution in [0.3, 0.4) is 0 Å². The summed E-state index contributed by atoms with van der Waals surface area (Å²) < 4.78 is 18.7. The number of benzene rings is 2. The molecule has 6 heteroatoms. The lowest BCUT2D eigenvalue weighted by Crippen LogP contribution is -2.31. The van der Waals surface area contributed by atoms with E-state index in [0.29, 0.717) is 30.1 Å². The summed E-state index contributed by atoms with van der Waals surface area (Å²) in [6.07, 6.45) is 0. The van der Waals surface area contributed by atoms with Crippen LogP contribution in [0.5, 0.6) is 5.75 Å². The first-order valence-electron chi connectivity index (χ1n) is 7.67. The molecule has 0 fully saturated rings. The number of ether oxygens (including phenoxy) is 1. The van der Waals surface area contributed by atoms with Crippen molar-refractivity contribution in [1.29, 1.82) is 0 Å². The molecule has 0 aliphatic carbocycles. The molecule has 0 atom stereocenters. The van der Waals surface area contributed by atoms with Crippen molar-refractivity contribution < 1.29 is 18.7 Å². The lowest BCUT2D eigenvalue weighted by atomic mass is 10.1. The Labute approximate surface area is 139 Å². The molecule has 2 aromatic carbocycles. The molecule has 0 spiro atoms. The Kier molecular flexibility index (Phi) is 4.46. The van der Waals surface area contributed by atoms with E-state index in [1.54, 1.807) is 35.2 Å². The maximum atomic E-state index is 13.3. The van der Waals surface area contributed by atoms with Crippen LogP contribution in [0.2, 0.25) is 0 Å². The van der Waals surface area contributed by atoms with Gasteiger partial charge in [-0.2, -0.15) is 0 Å². The molecule has 124 valence electrons. The summed E-state index contributed by atoms with van der Waals surface area (Å²) in [5.74, 6) is -0.246. The van der Waals surface area contributed by atoms with Crippen molar-refractivity contribution in [1.82, 2.24) is 4.90 Å². The van der Waals surface area contributed by atoms with Crippen LogP contribution in [0, 0.1) is 5.82 Å². The van der Waals surface area contributed by atoms with E-state index in [1.807, 2.05) is 6.92 Å². The van der Waals surface area contributed by atoms with Gasteiger partial charge in [-0.3, -0.25) is 9.59 Å². The molecule has 24 heavy (non-hydrogen) atoms. The monoisotopic (exact) mass is 328 g/mol. The van der Waals surface area contributed by atoms with Crippen molar-refractivity contribution in [3.63, 3.8) is 0 Å². The Morgan fingerprint density at radius 1 is 1.29 bits per heavy atom. The van der Waals surface area contributed by atoms with E-state index in [0.717, 1.165) is 5.56 Å². The number of anilines is 1. The number of amides is 2. The fourth-order valence-electron chi connectivity index (χ4n) is 2.57. The first-order chi connectivity index (χ1) is 11.6. The van der Waals surface area contributed by atoms with Crippen LogP contribution in [0.1, 0.15) is 22.8 Å². The summed E-state index contributed by atoms with van der Waals surface area (Å²) in [5.41, 5.74) is 1.74. The van der Waals surface area contributed by atoms with E-state index in [2.05, 4.69) is 5.32 Å². The Morgan fingerprint density at radius 3 is 2.88 bits per heavy atom. The number of fused-ring (bicyclic) bond motifs is 1. The van der Waals surface area contributed by atoms with Gasteiger partial charge >= 0.3 is 0 Å². The number of nitrogens with zero attached hydrogens (tertiary/aromatic N) is 1. The topological polar surface area (TPSA) is 58.6 Å². The molecule has 1 aliphatic heterocycles. The second kappa shape index (κ2) is 6.70. The average molecular weight is 328 g/mol. The minimum Gasteiger partial charge on any atom is -0.482 e. The average Bonchev–Trinajstić information content (AvgIpc) is 2.58. The number of hydrogen-bond donors (Lipinski definition) is 1. The number of carbonyl (C=O) groups is 2. The SMILES string of the molecule is CCN(Cc1cccc(F)c1)C(=O)c1ccc2c(c1)OCC(=O)N2. The second-order valence-corrected chi connectivity index (χ2v) is 5.50. The van der Waals surface area contributed by atoms with Gasteiger partial charge in [0.05, 0.1) is 5.69 Å². The van der Waals surface area contributed by atoms with Crippen molar-refractivity contribution in [2.24, 2.45) is 0 Å². The molecule has 0 bridgehead atoms. The molecule has 0 saturated carbocycles. The van der Waals surface area contributed by atoms with Crippen molar-refractivity contribution in [3.05, 3.63) is 59.4 Å². The van der Waals surface area contributed by atoms with Crippen LogP contribution in [0.25, 0.3) is 0 Å². The van der Waals surface area contributed by atoms with E-state index in [1.165, 1.54) is 12.1 Å². The number of rotatable bonds is 4. The van der Waals surface area contributed by atoms with Gasteiger partial charge in [0.1, 0.15) is 11.6 Å². The van der Waals surface area contributed by atoms with Crippen molar-refractivity contribution in [3.8, 4) is 5.75 Å². The third-order valence-corrected chi connectivity index (χ3v) is 3.79. The molecule has 1 aliphatic rings. The van der Waals surface area contributed by atoms with Gasteiger partial charge in [-0.25, -0.2) is 4.39 Å². The molecular formula is C18H17FN2O3. The Morgan fingerprint density at radius 2 is 2.12 bits per heavy atom. The molecule has 5 nitrogen and oxygen atoms in total. The highest BCUT2D eigenvalue weighted by atomic mass is 19.1. The fraction of sp³-hybridized carbons (Fsp3) is 0.222. The van der Waals surface area contributed by atoms with E-state index in [4.69, 9.17) is 4.74 Å². The fourth-order valence-corrected chi connectivity index (χ4v) is 2.57. The van der Waals surface area contributed by atoms with Crippen LogP contribution in [0.15, 0.2) is 42.5 Å². The van der Waals surface area contributed by atoms with Gasteiger partial charge in [0.25, 0.3) is 11.8 Å². The highest BCUT2D eigenvalue weighted by Gasteiger charge is 2.20. The number of nitrogens with one attached hydrogen (secondary N) is 1. The minimum atomic E-state index is -0.325. The maximum Gasteiger partial charge on any atom is 0.262 e. The zero-order chi connectivity index (χ0) is 17.1. The smallest absolute Gasteiger partial charge is 0.262 e. The zero-order valence-electron chi connectivity index (χ0n) is 13.2. The molecule has 3 rings (SSSR count). The summed E-state index contributed by atoms with van der Waals surface area (Å²) in [4.78, 5) is 25.6. The third kappa shape index (κ3) is 3.37. The normalized spacial score (nSPS) is 12.8. The standard InChI is InChI=1S/C18H17FN2O3/c1-2-21(10-12-4-3-5-14(19)8-12)18(23)13-6-7-15-16(9-13)24-11-17(22)20-15/h3-9H,2,10-11H2,1H3,(H,20,22). The van der Waals surface area contributed by atoms with Gasteiger partial charge in [0.15, 0.2) is 6.61 Å². The molecule has 0 saturated heterocycles. The van der Waals surface area contributed by atoms with Gasteiger partial charge in [0, 0.05) is 18.7 Å². The highest BCUT2D eigenvalue weighted by molar-refractivity contribution is 5.99. The first kappa shape index (κ1) is 16.0. The van der Waals surface area contributed by atoms with E-state index in [9.17, 15) is 14.0 Å². The van der Waals surface area contributed by atoms with Gasteiger partial charge in [-0.15, -0.1) is 0 Å². The summed E-state index contributed by atoms with van der Waals surface area (Å²) >= 11 is 0. The molecule has 1 heterocycles. The van der Waals surface area contributed by atoms with Crippen molar-refractivity contribution in [2.45, 2.75) is 13.5 Å². The molecule has 2 amide bonds. The van der Waals surface area contributed by atoms with Crippen LogP contribution < -0.4 is 10.1 Å². The van der Waals surface area contributed by atoms with Gasteiger partial charge in [-0.1, -0.05) is 12.1 Å². The van der Waals surface area contributed by atoms with Crippen molar-refractivity contribution >= 4 is 17.5 Å². The second-order valence-electron chi connectivity index (χ2n) is 5.50. The summed E-state index contributed by atoms with van der Waals surface area (Å²) in [6.45, 7) is 2.61. The molecule has 0 radical (unpaired) electrons. The summed E-state index contributed by atoms with van der Waals surface area (Å²) in [5, 5.41) is 2.68. The Balaban J connectivity index is 1.80. The molecule has 0 unspecified atom stereocenters. The quantitative estimate of drug-likeness (QED) is 0.939. The van der Waals surface area contributed by atoms with Crippen LogP contribution in [-0.4, -0.2) is 29.9 Å². The number of halogens is 1. The van der Waals surface area contributed by atoms with E-state index < -0.39 is 0 Å². The van der Waals surface area contributed by atoms with Crippen LogP contribution >= 0.6 is 0 Å². The molecular weight excluding hydrogens is 311 g/mol. The highest BCUT2D eigenvalue weighted by Crippen LogP contribution is 2.29. The summed E-state index contributed by atoms with van der Waals surface area (Å²) in [6, 6.07) is 11.1. The molecule has 0 aromatic heterocycles. The zero-order valence-corrected chi connectivity index (χ0v) is 13.2. The van der Waals surface area contributed by atoms with Gasteiger partial charge in [-0.05, 0) is 42.8 Å². The largest absolute Gasteiger partial charge is 0.482 e. The summed E-state index contributed by atoms with van der Waals surface area (Å²) in [7, 11) is 0. The van der Waals surface area contributed by atoms with E-state index in [-0.39, 0.29) is 24.2 Å². The van der Waals surface area contributed by atoms with Gasteiger partial charge in [0.2, 0.25) is 0 Å². The lowest BCUT2D eigenvalue weighted by Gasteiger charge is -2.23. The Bertz CT molecular complexity index is 792. The molecule has 2 aromatic rings. The van der Waals surface area contributed by atoms with E-state index >= 15 is 0 Å². The predicted molar refractivity (Wildman–Crippen MR) is 87.4 cm³/mol.